The molecule has 1 N–H and O–H groups in total. The highest BCUT2D eigenvalue weighted by Gasteiger charge is 2.43. The molecule has 61 heavy (non-hydrogen) atoms. The minimum atomic E-state index is -3.98. The molecule has 1 aromatic heterocycles. The van der Waals surface area contributed by atoms with Crippen molar-refractivity contribution >= 4 is 61.8 Å². The fourth-order valence-corrected chi connectivity index (χ4v) is 8.20. The lowest BCUT2D eigenvalue weighted by Crippen LogP contribution is -2.49. The van der Waals surface area contributed by atoms with Crippen molar-refractivity contribution in [2.45, 2.75) is 76.7 Å². The number of fused-ring (bicyclic) bond motifs is 3. The Labute approximate surface area is 365 Å². The van der Waals surface area contributed by atoms with Crippen LogP contribution in [0.1, 0.15) is 68.1 Å². The van der Waals surface area contributed by atoms with E-state index in [9.17, 15) is 32.6 Å². The van der Waals surface area contributed by atoms with Gasteiger partial charge in [-0.05, 0) is 60.1 Å². The Morgan fingerprint density at radius 2 is 1.39 bits per heavy atom. The van der Waals surface area contributed by atoms with Crippen LogP contribution in [0.2, 0.25) is 0 Å². The van der Waals surface area contributed by atoms with E-state index in [-0.39, 0.29) is 37.2 Å². The molecule has 3 aromatic rings. The molecular weight excluding hydrogens is 824 g/mol. The third-order valence-electron chi connectivity index (χ3n) is 10.5. The number of rotatable bonds is 22. The lowest BCUT2D eigenvalue weighted by atomic mass is 10.00. The van der Waals surface area contributed by atoms with Crippen molar-refractivity contribution in [3.63, 3.8) is 0 Å². The van der Waals surface area contributed by atoms with Gasteiger partial charge in [0, 0.05) is 89.6 Å². The number of hydrogen-bond donors (Lipinski definition) is 1. The maximum absolute atomic E-state index is 14.3. The van der Waals surface area contributed by atoms with Crippen LogP contribution in [0.25, 0.3) is 11.4 Å². The minimum absolute atomic E-state index is 0.137. The summed E-state index contributed by atoms with van der Waals surface area (Å²) in [6.07, 6.45) is 7.33. The molecule has 2 fully saturated rings. The number of thiocarbonyl (C=S) groups is 1. The Balaban J connectivity index is 0.954. The van der Waals surface area contributed by atoms with Crippen molar-refractivity contribution in [1.29, 1.82) is 0 Å². The Bertz CT molecular complexity index is 1920. The molecule has 0 radical (unpaired) electrons. The normalized spacial score (nSPS) is 18.8. The molecule has 2 saturated heterocycles. The van der Waals surface area contributed by atoms with Gasteiger partial charge in [0.2, 0.25) is 5.82 Å². The first kappa shape index (κ1) is 47.6. The van der Waals surface area contributed by atoms with Crippen LogP contribution in [0.15, 0.2) is 54.9 Å². The third-order valence-corrected chi connectivity index (χ3v) is 11.8. The maximum atomic E-state index is 14.3. The van der Waals surface area contributed by atoms with E-state index in [1.807, 2.05) is 53.4 Å². The zero-order valence-electron chi connectivity index (χ0n) is 34.3. The number of nitrogens with zero attached hydrogens (tertiary/aromatic N) is 7. The predicted molar refractivity (Wildman–Crippen MR) is 226 cm³/mol. The van der Waals surface area contributed by atoms with Crippen molar-refractivity contribution in [2.24, 2.45) is 0 Å². The molecule has 0 spiro atoms. The van der Waals surface area contributed by atoms with Crippen LogP contribution < -0.4 is 0 Å². The van der Waals surface area contributed by atoms with Crippen LogP contribution in [0.5, 0.6) is 0 Å². The molecule has 2 aromatic carbocycles. The standard InChI is InChI=1S/C42H55N7O9S.Al.FH/c50-36(4-1-5-37(51)17-14-31-12-15-34(16-13-31)42-45-43-30-44-46-42)6-2-22-58-23-3-7-38(59)25-33-10-8-32(9-11-33)24-35-26-48(28-40(54)55)19-18-47(27-39(52)53)20-21-49(35)29-41(56)57;;/h8-13,15-16,30,35H,1-7,14,17-29H2,(H,52,53)(H,54,55)(H,56,57);;1H/q;+3;/p-3/i;;1-1. The van der Waals surface area contributed by atoms with Gasteiger partial charge >= 0.3 is 21.2 Å². The summed E-state index contributed by atoms with van der Waals surface area (Å²) in [6.45, 7) is 2.34. The van der Waals surface area contributed by atoms with Gasteiger partial charge in [-0.3, -0.25) is 38.7 Å². The molecule has 0 saturated carbocycles. The van der Waals surface area contributed by atoms with Gasteiger partial charge < -0.3 is 20.9 Å². The molecule has 5 rings (SSSR count). The van der Waals surface area contributed by atoms with Crippen LogP contribution in [0, 0.1) is 0 Å². The number of aromatic nitrogens is 4. The van der Waals surface area contributed by atoms with Crippen molar-refractivity contribution in [3.05, 3.63) is 71.5 Å². The summed E-state index contributed by atoms with van der Waals surface area (Å²) in [5, 5.41) is 25.0. The van der Waals surface area contributed by atoms with Crippen molar-refractivity contribution in [3.8, 4) is 11.4 Å². The van der Waals surface area contributed by atoms with E-state index < -0.39 is 33.2 Å². The average molecular weight is 877 g/mol. The molecule has 2 aliphatic heterocycles. The molecule has 3 atom stereocenters. The summed E-state index contributed by atoms with van der Waals surface area (Å²) < 4.78 is 29.6. The monoisotopic (exact) mass is 876 g/mol. The number of hydrogen-bond acceptors (Lipinski definition) is 16. The number of ketones is 2. The summed E-state index contributed by atoms with van der Waals surface area (Å²) in [6, 6.07) is 15.4. The van der Waals surface area contributed by atoms with E-state index in [1.54, 1.807) is 9.80 Å². The summed E-state index contributed by atoms with van der Waals surface area (Å²) in [5.41, 5.74) is 3.88. The number of carboxylic acids is 1. The van der Waals surface area contributed by atoms with E-state index in [1.165, 1.54) is 6.33 Å². The molecule has 19 heteroatoms. The Morgan fingerprint density at radius 3 is 2.10 bits per heavy atom. The Kier molecular flexibility index (Phi) is 19.9. The topological polar surface area (TPSA) is 195 Å². The van der Waals surface area contributed by atoms with Crippen LogP contribution in [0.3, 0.4) is 0 Å². The van der Waals surface area contributed by atoms with Crippen LogP contribution >= 0.6 is 12.2 Å². The highest BCUT2D eigenvalue weighted by molar-refractivity contribution is 7.80. The molecule has 2 aliphatic rings. The summed E-state index contributed by atoms with van der Waals surface area (Å²) >= 11 is 1.69. The highest BCUT2D eigenvalue weighted by atomic mass is 32.1. The number of carboxylic acid groups (broad SMARTS) is 1. The SMILES string of the molecule is O=C(O)CN1CCN2CCN(CC(=O)[O][Al]([18F])[O]C(=O)C2)C(Cc2ccc(CC(=S)CCCOCCCC(=O)CCCC(=O)CCc3ccc(-c4nncnn4)cc3)cc2)C1. The fourth-order valence-electron chi connectivity index (χ4n) is 7.28. The number of Topliss-reactive ketones (excluding diaryl/α,β-unsaturated/α-hetero) is 2. The van der Waals surface area contributed by atoms with E-state index in [0.717, 1.165) is 40.0 Å². The quantitative estimate of drug-likeness (QED) is 0.0877. The number of benzene rings is 2. The predicted octanol–water partition coefficient (Wildman–Crippen LogP) is 3.33. The largest absolute Gasteiger partial charge is 1.15 e. The fraction of sp³-hybridized carbons (Fsp3) is 0.524. The van der Waals surface area contributed by atoms with Gasteiger partial charge in [0.05, 0.1) is 19.6 Å². The first-order valence-electron chi connectivity index (χ1n) is 20.7. The molecular formula is C42H53AlFN7O9S. The zero-order valence-corrected chi connectivity index (χ0v) is 36.3. The molecule has 3 unspecified atom stereocenters. The Morgan fingerprint density at radius 1 is 0.787 bits per heavy atom. The third kappa shape index (κ3) is 17.8. The summed E-state index contributed by atoms with van der Waals surface area (Å²) in [7, 11) is 0. The van der Waals surface area contributed by atoms with Crippen LogP contribution in [-0.4, -0.2) is 161 Å². The van der Waals surface area contributed by atoms with Gasteiger partial charge in [-0.1, -0.05) is 60.7 Å². The van der Waals surface area contributed by atoms with Gasteiger partial charge in [0.25, 0.3) is 11.9 Å². The lowest BCUT2D eigenvalue weighted by molar-refractivity contribution is -0.144. The molecule has 0 amide bonds. The average Bonchev–Trinajstić information content (AvgIpc) is 3.28. The number of carbonyl (C=O) groups excluding carboxylic acids is 4. The van der Waals surface area contributed by atoms with Gasteiger partial charge in [-0.25, -0.2) is 0 Å². The summed E-state index contributed by atoms with van der Waals surface area (Å²) in [4.78, 5) is 67.8. The number of carbonyl (C=O) groups is 5. The molecule has 0 aliphatic carbocycles. The van der Waals surface area contributed by atoms with E-state index in [0.29, 0.717) is 110 Å². The van der Waals surface area contributed by atoms with Gasteiger partial charge in [-0.15, -0.1) is 20.4 Å². The first-order valence-corrected chi connectivity index (χ1v) is 22.5. The summed E-state index contributed by atoms with van der Waals surface area (Å²) in [5.74, 6) is -1.89. The Hall–Kier alpha value is -4.48. The number of aryl methyl sites for hydroxylation is 1. The first-order chi connectivity index (χ1) is 29.5. The van der Waals surface area contributed by atoms with Crippen molar-refractivity contribution < 1.29 is 44.9 Å². The second-order valence-electron chi connectivity index (χ2n) is 15.3. The number of aliphatic carboxylic acids is 1. The van der Waals surface area contributed by atoms with E-state index >= 15 is 0 Å². The lowest BCUT2D eigenvalue weighted by Gasteiger charge is -2.33. The van der Waals surface area contributed by atoms with Gasteiger partial charge in [0.15, 0.2) is 6.33 Å². The van der Waals surface area contributed by atoms with Gasteiger partial charge in [-0.2, -0.15) is 0 Å². The second kappa shape index (κ2) is 25.5. The smallest absolute Gasteiger partial charge is 0.558 e. The van der Waals surface area contributed by atoms with E-state index in [2.05, 4.69) is 20.4 Å². The second-order valence-corrected chi connectivity index (χ2v) is 16.9. The zero-order chi connectivity index (χ0) is 43.4. The van der Waals surface area contributed by atoms with Crippen molar-refractivity contribution in [2.75, 3.05) is 65.6 Å². The van der Waals surface area contributed by atoms with Crippen LogP contribution in [-0.2, 0) is 55.5 Å². The minimum Gasteiger partial charge on any atom is -0.558 e. The highest BCUT2D eigenvalue weighted by Crippen LogP contribution is 2.18. The molecule has 16 nitrogen and oxygen atoms in total. The van der Waals surface area contributed by atoms with Crippen LogP contribution in [0.4, 0.5) is 3.52 Å². The van der Waals surface area contributed by atoms with Crippen molar-refractivity contribution in [1.82, 2.24) is 35.1 Å². The molecule has 2 bridgehead atoms. The number of halogens is 1. The number of ether oxygens (including phenoxy) is 1. The maximum Gasteiger partial charge on any atom is 1.15 e. The van der Waals surface area contributed by atoms with E-state index in [4.69, 9.17) is 24.5 Å². The molecule has 326 valence electrons. The van der Waals surface area contributed by atoms with Gasteiger partial charge in [0.1, 0.15) is 11.6 Å². The molecule has 3 heterocycles.